The number of halogens is 1. The van der Waals surface area contributed by atoms with E-state index >= 15 is 0 Å². The molecule has 4 nitrogen and oxygen atoms in total. The van der Waals surface area contributed by atoms with Crippen molar-refractivity contribution in [3.05, 3.63) is 23.0 Å². The fraction of sp³-hybridized carbons (Fsp3) is 0.583. The van der Waals surface area contributed by atoms with Crippen molar-refractivity contribution in [1.29, 1.82) is 0 Å². The van der Waals surface area contributed by atoms with Crippen LogP contribution in [-0.2, 0) is 10.0 Å². The third-order valence-electron chi connectivity index (χ3n) is 2.49. The van der Waals surface area contributed by atoms with Crippen molar-refractivity contribution in [1.82, 2.24) is 4.98 Å². The Morgan fingerprint density at radius 2 is 2.00 bits per heavy atom. The van der Waals surface area contributed by atoms with Crippen LogP contribution in [0.5, 0.6) is 0 Å². The normalized spacial score (nSPS) is 12.5. The molecule has 0 aromatic carbocycles. The SMILES string of the molecule is Cc1ccnc(Cl)c1NS(=O)(=O)CCC(C)(C)C. The number of hydrogen-bond acceptors (Lipinski definition) is 3. The van der Waals surface area contributed by atoms with Gasteiger partial charge < -0.3 is 0 Å². The summed E-state index contributed by atoms with van der Waals surface area (Å²) in [6.45, 7) is 7.80. The van der Waals surface area contributed by atoms with Gasteiger partial charge in [0.25, 0.3) is 0 Å². The number of sulfonamides is 1. The van der Waals surface area contributed by atoms with Gasteiger partial charge in [-0.3, -0.25) is 4.72 Å². The minimum atomic E-state index is -3.39. The average Bonchev–Trinajstić information content (AvgIpc) is 2.20. The van der Waals surface area contributed by atoms with Gasteiger partial charge in [-0.2, -0.15) is 0 Å². The molecule has 0 unspecified atom stereocenters. The molecule has 0 aliphatic rings. The largest absolute Gasteiger partial charge is 0.280 e. The quantitative estimate of drug-likeness (QED) is 0.866. The molecule has 0 radical (unpaired) electrons. The molecule has 1 N–H and O–H groups in total. The zero-order valence-electron chi connectivity index (χ0n) is 11.1. The maximum absolute atomic E-state index is 12.0. The lowest BCUT2D eigenvalue weighted by Crippen LogP contribution is -2.21. The third kappa shape index (κ3) is 4.82. The van der Waals surface area contributed by atoms with Crippen molar-refractivity contribution in [2.24, 2.45) is 5.41 Å². The lowest BCUT2D eigenvalue weighted by molar-refractivity contribution is 0.397. The van der Waals surface area contributed by atoms with Crippen LogP contribution in [0.15, 0.2) is 12.3 Å². The minimum absolute atomic E-state index is 0.0253. The average molecular weight is 291 g/mol. The number of nitrogens with zero attached hydrogens (tertiary/aromatic N) is 1. The molecule has 0 fully saturated rings. The van der Waals surface area contributed by atoms with Crippen molar-refractivity contribution in [2.45, 2.75) is 34.1 Å². The van der Waals surface area contributed by atoms with E-state index in [0.29, 0.717) is 12.1 Å². The molecule has 0 spiro atoms. The number of aromatic nitrogens is 1. The standard InChI is InChI=1S/C12H19ClN2O2S/c1-9-5-7-14-11(13)10(9)15-18(16,17)8-6-12(2,3)4/h5,7,15H,6,8H2,1-4H3. The Hall–Kier alpha value is -0.810. The van der Waals surface area contributed by atoms with Crippen LogP contribution in [0.4, 0.5) is 5.69 Å². The molecule has 0 atom stereocenters. The molecule has 102 valence electrons. The van der Waals surface area contributed by atoms with Crippen molar-refractivity contribution in [3.63, 3.8) is 0 Å². The summed E-state index contributed by atoms with van der Waals surface area (Å²) in [7, 11) is -3.39. The number of anilines is 1. The first-order chi connectivity index (χ1) is 8.11. The molecule has 0 amide bonds. The molecule has 1 heterocycles. The summed E-state index contributed by atoms with van der Waals surface area (Å²) in [5.41, 5.74) is 1.10. The topological polar surface area (TPSA) is 59.1 Å². The van der Waals surface area contributed by atoms with Crippen molar-refractivity contribution < 1.29 is 8.42 Å². The molecule has 0 saturated heterocycles. The van der Waals surface area contributed by atoms with E-state index < -0.39 is 10.0 Å². The summed E-state index contributed by atoms with van der Waals surface area (Å²) in [6, 6.07) is 1.72. The van der Waals surface area contributed by atoms with Gasteiger partial charge in [0.15, 0.2) is 5.15 Å². The number of rotatable bonds is 4. The first-order valence-electron chi connectivity index (χ1n) is 5.72. The van der Waals surface area contributed by atoms with Crippen molar-refractivity contribution >= 4 is 27.3 Å². The van der Waals surface area contributed by atoms with Crippen LogP contribution in [0, 0.1) is 12.3 Å². The lowest BCUT2D eigenvalue weighted by atomic mass is 9.94. The Morgan fingerprint density at radius 1 is 1.39 bits per heavy atom. The van der Waals surface area contributed by atoms with Crippen molar-refractivity contribution in [2.75, 3.05) is 10.5 Å². The molecule has 6 heteroatoms. The lowest BCUT2D eigenvalue weighted by Gasteiger charge is -2.18. The summed E-state index contributed by atoms with van der Waals surface area (Å²) in [4.78, 5) is 3.87. The van der Waals surface area contributed by atoms with Crippen LogP contribution >= 0.6 is 11.6 Å². The molecule has 1 aromatic heterocycles. The van der Waals surface area contributed by atoms with Crippen LogP contribution in [-0.4, -0.2) is 19.2 Å². The summed E-state index contributed by atoms with van der Waals surface area (Å²) >= 11 is 5.89. The summed E-state index contributed by atoms with van der Waals surface area (Å²) in [5.74, 6) is 0.0706. The predicted octanol–water partition coefficient (Wildman–Crippen LogP) is 3.22. The third-order valence-corrected chi connectivity index (χ3v) is 4.03. The second kappa shape index (κ2) is 5.45. The molecular formula is C12H19ClN2O2S. The second-order valence-electron chi connectivity index (χ2n) is 5.53. The zero-order chi connectivity index (χ0) is 14.0. The van der Waals surface area contributed by atoms with Gasteiger partial charge in [0.2, 0.25) is 10.0 Å². The fourth-order valence-electron chi connectivity index (χ4n) is 1.29. The molecule has 0 saturated carbocycles. The molecule has 18 heavy (non-hydrogen) atoms. The highest BCUT2D eigenvalue weighted by atomic mass is 35.5. The first-order valence-corrected chi connectivity index (χ1v) is 7.75. The summed E-state index contributed by atoms with van der Waals surface area (Å²) in [5, 5.41) is 0.175. The highest BCUT2D eigenvalue weighted by molar-refractivity contribution is 7.92. The van der Waals surface area contributed by atoms with Crippen LogP contribution in [0.3, 0.4) is 0 Å². The van der Waals surface area contributed by atoms with Gasteiger partial charge in [-0.1, -0.05) is 32.4 Å². The zero-order valence-corrected chi connectivity index (χ0v) is 12.7. The van der Waals surface area contributed by atoms with Gasteiger partial charge in [0, 0.05) is 6.20 Å². The van der Waals surface area contributed by atoms with E-state index in [4.69, 9.17) is 11.6 Å². The predicted molar refractivity (Wildman–Crippen MR) is 75.5 cm³/mol. The Bertz CT molecular complexity index is 501. The molecule has 1 rings (SSSR count). The van der Waals surface area contributed by atoms with E-state index in [-0.39, 0.29) is 16.3 Å². The number of hydrogen-bond donors (Lipinski definition) is 1. The Labute approximate surface area is 114 Å². The smallest absolute Gasteiger partial charge is 0.232 e. The minimum Gasteiger partial charge on any atom is -0.280 e. The molecule has 0 aliphatic carbocycles. The van der Waals surface area contributed by atoms with Gasteiger partial charge in [-0.25, -0.2) is 13.4 Å². The van der Waals surface area contributed by atoms with E-state index in [1.54, 1.807) is 19.2 Å². The van der Waals surface area contributed by atoms with Gasteiger partial charge in [-0.15, -0.1) is 0 Å². The van der Waals surface area contributed by atoms with Gasteiger partial charge in [0.05, 0.1) is 11.4 Å². The number of pyridine rings is 1. The van der Waals surface area contributed by atoms with Crippen LogP contribution in [0.2, 0.25) is 5.15 Å². The van der Waals surface area contributed by atoms with Crippen LogP contribution < -0.4 is 4.72 Å². The maximum Gasteiger partial charge on any atom is 0.232 e. The highest BCUT2D eigenvalue weighted by Crippen LogP contribution is 2.25. The van der Waals surface area contributed by atoms with Gasteiger partial charge >= 0.3 is 0 Å². The first kappa shape index (κ1) is 15.2. The maximum atomic E-state index is 12.0. The Balaban J connectivity index is 2.84. The second-order valence-corrected chi connectivity index (χ2v) is 7.73. The molecular weight excluding hydrogens is 272 g/mol. The van der Waals surface area contributed by atoms with E-state index in [9.17, 15) is 8.42 Å². The molecule has 0 aliphatic heterocycles. The fourth-order valence-corrected chi connectivity index (χ4v) is 3.16. The van der Waals surface area contributed by atoms with Gasteiger partial charge in [-0.05, 0) is 30.4 Å². The number of nitrogens with one attached hydrogen (secondary N) is 1. The van der Waals surface area contributed by atoms with Crippen LogP contribution in [0.25, 0.3) is 0 Å². The van der Waals surface area contributed by atoms with Crippen molar-refractivity contribution in [3.8, 4) is 0 Å². The van der Waals surface area contributed by atoms with Gasteiger partial charge in [0.1, 0.15) is 0 Å². The van der Waals surface area contributed by atoms with E-state index in [0.717, 1.165) is 5.56 Å². The monoisotopic (exact) mass is 290 g/mol. The van der Waals surface area contributed by atoms with E-state index in [1.807, 2.05) is 20.8 Å². The summed E-state index contributed by atoms with van der Waals surface area (Å²) in [6.07, 6.45) is 2.13. The highest BCUT2D eigenvalue weighted by Gasteiger charge is 2.19. The molecule has 0 bridgehead atoms. The summed E-state index contributed by atoms with van der Waals surface area (Å²) < 4.78 is 26.4. The van der Waals surface area contributed by atoms with E-state index in [1.165, 1.54) is 0 Å². The Kier molecular flexibility index (Phi) is 4.61. The number of aryl methyl sites for hydroxylation is 1. The molecule has 1 aromatic rings. The van der Waals surface area contributed by atoms with Crippen LogP contribution in [0.1, 0.15) is 32.8 Å². The van der Waals surface area contributed by atoms with E-state index in [2.05, 4.69) is 9.71 Å². The Morgan fingerprint density at radius 3 is 2.50 bits per heavy atom.